The van der Waals surface area contributed by atoms with Gasteiger partial charge in [-0.15, -0.1) is 0 Å². The van der Waals surface area contributed by atoms with E-state index in [0.29, 0.717) is 24.5 Å². The van der Waals surface area contributed by atoms with Crippen LogP contribution in [-0.4, -0.2) is 49.5 Å². The molecule has 1 saturated heterocycles. The molecule has 0 aliphatic carbocycles. The van der Waals surface area contributed by atoms with Crippen LogP contribution in [0.5, 0.6) is 0 Å². The van der Waals surface area contributed by atoms with Crippen LogP contribution in [0.3, 0.4) is 0 Å². The Morgan fingerprint density at radius 2 is 1.94 bits per heavy atom. The van der Waals surface area contributed by atoms with E-state index in [9.17, 15) is 8.42 Å². The highest BCUT2D eigenvalue weighted by atomic mass is 35.5. The summed E-state index contributed by atoms with van der Waals surface area (Å²) in [6.45, 7) is 2.96. The zero-order valence-electron chi connectivity index (χ0n) is 17.6. The second kappa shape index (κ2) is 8.83. The minimum absolute atomic E-state index is 0.230. The van der Waals surface area contributed by atoms with E-state index >= 15 is 0 Å². The van der Waals surface area contributed by atoms with Gasteiger partial charge in [-0.1, -0.05) is 35.9 Å². The smallest absolute Gasteiger partial charge is 0.242 e. The van der Waals surface area contributed by atoms with Gasteiger partial charge in [0.1, 0.15) is 4.90 Å². The lowest BCUT2D eigenvalue weighted by molar-refractivity contribution is 0.216. The number of hydrogen-bond donors (Lipinski definition) is 2. The summed E-state index contributed by atoms with van der Waals surface area (Å²) in [6.07, 6.45) is 5.83. The lowest BCUT2D eigenvalue weighted by Crippen LogP contribution is -2.39. The molecule has 1 aliphatic heterocycles. The fourth-order valence-corrected chi connectivity index (χ4v) is 6.01. The van der Waals surface area contributed by atoms with Crippen LogP contribution in [0.25, 0.3) is 21.8 Å². The first-order valence-corrected chi connectivity index (χ1v) is 12.7. The van der Waals surface area contributed by atoms with Crippen LogP contribution in [0.4, 0.5) is 0 Å². The third-order valence-corrected chi connectivity index (χ3v) is 8.04. The number of halogens is 1. The minimum Gasteiger partial charge on any atom is -0.361 e. The Labute approximate surface area is 192 Å². The minimum atomic E-state index is -3.62. The Balaban J connectivity index is 1.18. The molecule has 4 aromatic rings. The van der Waals surface area contributed by atoms with E-state index in [1.54, 1.807) is 24.4 Å². The van der Waals surface area contributed by atoms with Crippen molar-refractivity contribution in [1.82, 2.24) is 19.6 Å². The number of H-pyrrole nitrogens is 1. The molecular weight excluding hydrogens is 444 g/mol. The van der Waals surface area contributed by atoms with Crippen molar-refractivity contribution in [3.8, 4) is 0 Å². The van der Waals surface area contributed by atoms with Crippen LogP contribution in [0.2, 0.25) is 5.02 Å². The first-order chi connectivity index (χ1) is 15.5. The number of rotatable bonds is 6. The highest BCUT2D eigenvalue weighted by Crippen LogP contribution is 2.34. The Morgan fingerprint density at radius 3 is 2.78 bits per heavy atom. The summed E-state index contributed by atoms with van der Waals surface area (Å²) < 4.78 is 28.5. The van der Waals surface area contributed by atoms with Crippen LogP contribution in [0.15, 0.2) is 65.8 Å². The molecule has 5 rings (SSSR count). The van der Waals surface area contributed by atoms with E-state index in [4.69, 9.17) is 11.6 Å². The summed E-state index contributed by atoms with van der Waals surface area (Å²) in [5.41, 5.74) is 2.93. The fourth-order valence-electron chi connectivity index (χ4n) is 4.64. The van der Waals surface area contributed by atoms with Gasteiger partial charge in [0, 0.05) is 46.8 Å². The lowest BCUT2D eigenvalue weighted by atomic mass is 9.89. The molecule has 32 heavy (non-hydrogen) atoms. The number of nitrogens with zero attached hydrogens (tertiary/aromatic N) is 2. The summed E-state index contributed by atoms with van der Waals surface area (Å²) in [5, 5.41) is 2.80. The van der Waals surface area contributed by atoms with Crippen molar-refractivity contribution in [3.05, 3.63) is 71.5 Å². The number of hydrogen-bond acceptors (Lipinski definition) is 4. The van der Waals surface area contributed by atoms with Crippen LogP contribution >= 0.6 is 11.6 Å². The SMILES string of the molecule is O=S(=O)(NCCN1CCC(c2c[nH]c3cc(Cl)ccc23)CC1)c1cccc2cccnc12. The topological polar surface area (TPSA) is 78.1 Å². The molecule has 166 valence electrons. The van der Waals surface area contributed by atoms with E-state index in [1.165, 1.54) is 10.9 Å². The number of aromatic amines is 1. The average molecular weight is 469 g/mol. The molecule has 0 unspecified atom stereocenters. The molecule has 1 fully saturated rings. The molecule has 2 aromatic heterocycles. The molecule has 2 aromatic carbocycles. The van der Waals surface area contributed by atoms with E-state index in [0.717, 1.165) is 41.9 Å². The molecule has 0 spiro atoms. The standard InChI is InChI=1S/C24H25ClN4O2S/c25-19-6-7-20-21(16-27-22(20)15-19)17-8-12-29(13-9-17)14-11-28-32(30,31)23-5-1-3-18-4-2-10-26-24(18)23/h1-7,10,15-17,27-28H,8-9,11-14H2. The fraction of sp³-hybridized carbons (Fsp3) is 0.292. The second-order valence-corrected chi connectivity index (χ2v) is 10.5. The molecule has 3 heterocycles. The van der Waals surface area contributed by atoms with Crippen molar-refractivity contribution in [3.63, 3.8) is 0 Å². The first-order valence-electron chi connectivity index (χ1n) is 10.8. The van der Waals surface area contributed by atoms with Gasteiger partial charge in [0.2, 0.25) is 10.0 Å². The number of aromatic nitrogens is 2. The first kappa shape index (κ1) is 21.4. The molecule has 0 atom stereocenters. The van der Waals surface area contributed by atoms with Gasteiger partial charge in [-0.05, 0) is 61.7 Å². The number of para-hydroxylation sites is 1. The van der Waals surface area contributed by atoms with Crippen molar-refractivity contribution in [1.29, 1.82) is 0 Å². The van der Waals surface area contributed by atoms with Crippen molar-refractivity contribution in [2.45, 2.75) is 23.7 Å². The molecule has 8 heteroatoms. The maximum Gasteiger partial charge on any atom is 0.242 e. The monoisotopic (exact) mass is 468 g/mol. The van der Waals surface area contributed by atoms with Gasteiger partial charge in [0.05, 0.1) is 5.52 Å². The summed E-state index contributed by atoms with van der Waals surface area (Å²) >= 11 is 6.10. The molecule has 0 amide bonds. The predicted octanol–water partition coefficient (Wildman–Crippen LogP) is 4.53. The summed E-state index contributed by atoms with van der Waals surface area (Å²) in [4.78, 5) is 10.2. The third-order valence-electron chi connectivity index (χ3n) is 6.31. The van der Waals surface area contributed by atoms with E-state index in [2.05, 4.69) is 31.9 Å². The number of nitrogens with one attached hydrogen (secondary N) is 2. The Bertz CT molecular complexity index is 1360. The third kappa shape index (κ3) is 4.26. The van der Waals surface area contributed by atoms with Gasteiger partial charge in [-0.3, -0.25) is 4.98 Å². The number of piperidine rings is 1. The number of benzene rings is 2. The maximum absolute atomic E-state index is 12.9. The van der Waals surface area contributed by atoms with Gasteiger partial charge in [0.25, 0.3) is 0 Å². The quantitative estimate of drug-likeness (QED) is 0.436. The maximum atomic E-state index is 12.9. The summed E-state index contributed by atoms with van der Waals surface area (Å²) in [5.74, 6) is 0.500. The lowest BCUT2D eigenvalue weighted by Gasteiger charge is -2.32. The van der Waals surface area contributed by atoms with Gasteiger partial charge >= 0.3 is 0 Å². The number of sulfonamides is 1. The van der Waals surface area contributed by atoms with Crippen molar-refractivity contribution in [2.75, 3.05) is 26.2 Å². The zero-order valence-corrected chi connectivity index (χ0v) is 19.2. The van der Waals surface area contributed by atoms with Gasteiger partial charge < -0.3 is 9.88 Å². The normalized spacial score (nSPS) is 16.2. The van der Waals surface area contributed by atoms with Crippen molar-refractivity contribution >= 4 is 43.4 Å². The van der Waals surface area contributed by atoms with Crippen molar-refractivity contribution < 1.29 is 8.42 Å². The predicted molar refractivity (Wildman–Crippen MR) is 129 cm³/mol. The largest absolute Gasteiger partial charge is 0.361 e. The van der Waals surface area contributed by atoms with Gasteiger partial charge in [-0.2, -0.15) is 0 Å². The molecule has 1 aliphatic rings. The average Bonchev–Trinajstić information content (AvgIpc) is 3.22. The number of pyridine rings is 1. The van der Waals surface area contributed by atoms with E-state index < -0.39 is 10.0 Å². The molecule has 6 nitrogen and oxygen atoms in total. The van der Waals surface area contributed by atoms with Gasteiger partial charge in [-0.25, -0.2) is 13.1 Å². The summed E-state index contributed by atoms with van der Waals surface area (Å²) in [6, 6.07) is 14.9. The van der Waals surface area contributed by atoms with Crippen LogP contribution in [0.1, 0.15) is 24.3 Å². The summed E-state index contributed by atoms with van der Waals surface area (Å²) in [7, 11) is -3.62. The highest BCUT2D eigenvalue weighted by molar-refractivity contribution is 7.89. The molecule has 0 bridgehead atoms. The van der Waals surface area contributed by atoms with Crippen LogP contribution in [-0.2, 0) is 10.0 Å². The zero-order chi connectivity index (χ0) is 22.1. The van der Waals surface area contributed by atoms with E-state index in [1.807, 2.05) is 24.3 Å². The Kier molecular flexibility index (Phi) is 5.90. The van der Waals surface area contributed by atoms with Gasteiger partial charge in [0.15, 0.2) is 0 Å². The van der Waals surface area contributed by atoms with Crippen LogP contribution < -0.4 is 4.72 Å². The molecule has 0 radical (unpaired) electrons. The molecular formula is C24H25ClN4O2S. The number of fused-ring (bicyclic) bond motifs is 2. The highest BCUT2D eigenvalue weighted by Gasteiger charge is 2.23. The van der Waals surface area contributed by atoms with Crippen molar-refractivity contribution in [2.24, 2.45) is 0 Å². The molecule has 0 saturated carbocycles. The second-order valence-electron chi connectivity index (χ2n) is 8.28. The van der Waals surface area contributed by atoms with Crippen LogP contribution in [0, 0.1) is 0 Å². The molecule has 2 N–H and O–H groups in total. The Morgan fingerprint density at radius 1 is 1.12 bits per heavy atom. The number of likely N-dealkylation sites (tertiary alicyclic amines) is 1. The Hall–Kier alpha value is -2.45. The van der Waals surface area contributed by atoms with E-state index in [-0.39, 0.29) is 4.90 Å².